The molecule has 4 rings (SSSR count). The van der Waals surface area contributed by atoms with Crippen LogP contribution in [0.1, 0.15) is 27.0 Å². The van der Waals surface area contributed by atoms with Gasteiger partial charge in [0.05, 0.1) is 11.8 Å². The number of hydrogen-bond acceptors (Lipinski definition) is 5. The molecule has 0 aliphatic heterocycles. The van der Waals surface area contributed by atoms with Gasteiger partial charge < -0.3 is 10.1 Å². The Labute approximate surface area is 202 Å². The summed E-state index contributed by atoms with van der Waals surface area (Å²) in [6, 6.07) is 25.1. The third-order valence-corrected chi connectivity index (χ3v) is 5.26. The molecule has 0 saturated carbocycles. The van der Waals surface area contributed by atoms with Gasteiger partial charge in [-0.15, -0.1) is 0 Å². The number of nitrogens with one attached hydrogen (secondary N) is 2. The monoisotopic (exact) mass is 465 g/mol. The van der Waals surface area contributed by atoms with Crippen molar-refractivity contribution in [3.05, 3.63) is 107 Å². The Morgan fingerprint density at radius 3 is 2.34 bits per heavy atom. The van der Waals surface area contributed by atoms with Gasteiger partial charge in [0.1, 0.15) is 5.75 Å². The zero-order valence-corrected chi connectivity index (χ0v) is 19.2. The van der Waals surface area contributed by atoms with E-state index in [0.29, 0.717) is 16.8 Å². The van der Waals surface area contributed by atoms with Gasteiger partial charge in [-0.1, -0.05) is 60.2 Å². The summed E-state index contributed by atoms with van der Waals surface area (Å²) in [6.07, 6.45) is 1.36. The second-order valence-electron chi connectivity index (χ2n) is 7.98. The number of benzene rings is 4. The number of anilines is 1. The van der Waals surface area contributed by atoms with Crippen molar-refractivity contribution in [3.63, 3.8) is 0 Å². The van der Waals surface area contributed by atoms with Crippen molar-refractivity contribution in [3.8, 4) is 5.75 Å². The van der Waals surface area contributed by atoms with Gasteiger partial charge in [-0.25, -0.2) is 10.2 Å². The van der Waals surface area contributed by atoms with Crippen molar-refractivity contribution in [2.75, 3.05) is 5.32 Å². The first-order chi connectivity index (χ1) is 16.9. The predicted octanol–water partition coefficient (Wildman–Crippen LogP) is 4.76. The van der Waals surface area contributed by atoms with Crippen LogP contribution in [0.25, 0.3) is 10.8 Å². The smallest absolute Gasteiger partial charge is 0.343 e. The number of hydrogen-bond donors (Lipinski definition) is 2. The van der Waals surface area contributed by atoms with Crippen molar-refractivity contribution in [2.24, 2.45) is 5.10 Å². The quantitative estimate of drug-likeness (QED) is 0.146. The van der Waals surface area contributed by atoms with Crippen LogP contribution in [0, 0.1) is 13.8 Å². The Balaban J connectivity index is 1.54. The zero-order valence-electron chi connectivity index (χ0n) is 19.2. The van der Waals surface area contributed by atoms with Gasteiger partial charge in [-0.2, -0.15) is 5.10 Å². The van der Waals surface area contributed by atoms with Crippen LogP contribution in [0.2, 0.25) is 0 Å². The van der Waals surface area contributed by atoms with Gasteiger partial charge in [0.2, 0.25) is 0 Å². The van der Waals surface area contributed by atoms with Crippen molar-refractivity contribution >= 4 is 40.5 Å². The lowest BCUT2D eigenvalue weighted by Crippen LogP contribution is -2.32. The second-order valence-corrected chi connectivity index (χ2v) is 7.98. The molecule has 0 fully saturated rings. The summed E-state index contributed by atoms with van der Waals surface area (Å²) >= 11 is 0. The van der Waals surface area contributed by atoms with Gasteiger partial charge in [0.25, 0.3) is 0 Å². The molecule has 0 heterocycles. The lowest BCUT2D eigenvalue weighted by atomic mass is 10.0. The fourth-order valence-electron chi connectivity index (χ4n) is 3.46. The first kappa shape index (κ1) is 23.4. The SMILES string of the molecule is Cc1ccc(C(=O)Oc2ccc3ccccc3c2/C=N/NC(=O)C(=O)Nc2cccc(C)c2)cc1. The van der Waals surface area contributed by atoms with Crippen molar-refractivity contribution < 1.29 is 19.1 Å². The van der Waals surface area contributed by atoms with Gasteiger partial charge in [0, 0.05) is 11.3 Å². The molecule has 4 aromatic carbocycles. The minimum atomic E-state index is -0.929. The zero-order chi connectivity index (χ0) is 24.8. The van der Waals surface area contributed by atoms with E-state index in [4.69, 9.17) is 4.74 Å². The maximum Gasteiger partial charge on any atom is 0.343 e. The Morgan fingerprint density at radius 1 is 0.800 bits per heavy atom. The lowest BCUT2D eigenvalue weighted by molar-refractivity contribution is -0.136. The van der Waals surface area contributed by atoms with Gasteiger partial charge in [0.15, 0.2) is 0 Å². The van der Waals surface area contributed by atoms with E-state index in [-0.39, 0.29) is 5.75 Å². The molecule has 0 aliphatic carbocycles. The Hall–Kier alpha value is -4.78. The summed E-state index contributed by atoms with van der Waals surface area (Å²) in [4.78, 5) is 37.1. The van der Waals surface area contributed by atoms with E-state index in [9.17, 15) is 14.4 Å². The minimum absolute atomic E-state index is 0.275. The van der Waals surface area contributed by atoms with Crippen LogP contribution in [0.4, 0.5) is 5.69 Å². The normalized spacial score (nSPS) is 10.8. The topological polar surface area (TPSA) is 96.9 Å². The highest BCUT2D eigenvalue weighted by atomic mass is 16.5. The van der Waals surface area contributed by atoms with Crippen LogP contribution in [0.15, 0.2) is 90.0 Å². The molecule has 0 unspecified atom stereocenters. The van der Waals surface area contributed by atoms with E-state index < -0.39 is 17.8 Å². The van der Waals surface area contributed by atoms with E-state index in [1.807, 2.05) is 62.4 Å². The van der Waals surface area contributed by atoms with Crippen molar-refractivity contribution in [1.82, 2.24) is 5.43 Å². The molecule has 0 radical (unpaired) electrons. The molecule has 35 heavy (non-hydrogen) atoms. The van der Waals surface area contributed by atoms with E-state index in [2.05, 4.69) is 15.8 Å². The van der Waals surface area contributed by atoms with Gasteiger partial charge in [-0.3, -0.25) is 9.59 Å². The molecule has 0 bridgehead atoms. The van der Waals surface area contributed by atoms with E-state index in [0.717, 1.165) is 21.9 Å². The van der Waals surface area contributed by atoms with E-state index in [1.165, 1.54) is 6.21 Å². The third-order valence-electron chi connectivity index (χ3n) is 5.26. The number of carbonyl (C=O) groups excluding carboxylic acids is 3. The van der Waals surface area contributed by atoms with Crippen LogP contribution in [0.5, 0.6) is 5.75 Å². The lowest BCUT2D eigenvalue weighted by Gasteiger charge is -2.11. The number of ether oxygens (including phenoxy) is 1. The number of fused-ring (bicyclic) bond motifs is 1. The summed E-state index contributed by atoms with van der Waals surface area (Å²) in [7, 11) is 0. The number of amides is 2. The standard InChI is InChI=1S/C28H23N3O4/c1-18-10-12-21(13-11-18)28(34)35-25-15-14-20-7-3-4-9-23(20)24(25)17-29-31-27(33)26(32)30-22-8-5-6-19(2)16-22/h3-17H,1-2H3,(H,30,32)(H,31,33)/b29-17+. The number of nitrogens with zero attached hydrogens (tertiary/aromatic N) is 1. The van der Waals surface area contributed by atoms with Crippen LogP contribution in [-0.2, 0) is 9.59 Å². The summed E-state index contributed by atoms with van der Waals surface area (Å²) < 4.78 is 5.65. The first-order valence-corrected chi connectivity index (χ1v) is 10.9. The molecule has 2 amide bonds. The number of aryl methyl sites for hydroxylation is 2. The third kappa shape index (κ3) is 5.78. The molecule has 0 atom stereocenters. The van der Waals surface area contributed by atoms with Crippen LogP contribution in [0.3, 0.4) is 0 Å². The van der Waals surface area contributed by atoms with Crippen LogP contribution in [-0.4, -0.2) is 24.0 Å². The molecule has 0 aliphatic rings. The average Bonchev–Trinajstić information content (AvgIpc) is 2.85. The number of rotatable bonds is 5. The molecular formula is C28H23N3O4. The van der Waals surface area contributed by atoms with E-state index >= 15 is 0 Å². The first-order valence-electron chi connectivity index (χ1n) is 10.9. The highest BCUT2D eigenvalue weighted by Crippen LogP contribution is 2.27. The van der Waals surface area contributed by atoms with Gasteiger partial charge in [-0.05, 0) is 60.5 Å². The molecule has 174 valence electrons. The average molecular weight is 466 g/mol. The summed E-state index contributed by atoms with van der Waals surface area (Å²) in [6.45, 7) is 3.82. The van der Waals surface area contributed by atoms with Crippen molar-refractivity contribution in [1.29, 1.82) is 0 Å². The fourth-order valence-corrected chi connectivity index (χ4v) is 3.46. The minimum Gasteiger partial charge on any atom is -0.422 e. The molecule has 7 heteroatoms. The number of hydrazone groups is 1. The summed E-state index contributed by atoms with van der Waals surface area (Å²) in [5.41, 5.74) is 5.61. The summed E-state index contributed by atoms with van der Waals surface area (Å²) in [5.74, 6) is -2.02. The largest absolute Gasteiger partial charge is 0.422 e. The molecule has 0 aromatic heterocycles. The highest BCUT2D eigenvalue weighted by Gasteiger charge is 2.15. The van der Waals surface area contributed by atoms with E-state index in [1.54, 1.807) is 36.4 Å². The molecular weight excluding hydrogens is 442 g/mol. The molecule has 7 nitrogen and oxygen atoms in total. The molecule has 0 saturated heterocycles. The van der Waals surface area contributed by atoms with Crippen molar-refractivity contribution in [2.45, 2.75) is 13.8 Å². The molecule has 4 aromatic rings. The second kappa shape index (κ2) is 10.4. The van der Waals surface area contributed by atoms with Crippen LogP contribution >= 0.6 is 0 Å². The van der Waals surface area contributed by atoms with Crippen LogP contribution < -0.4 is 15.5 Å². The maximum atomic E-state index is 12.7. The fraction of sp³-hybridized carbons (Fsp3) is 0.0714. The highest BCUT2D eigenvalue weighted by molar-refractivity contribution is 6.39. The molecule has 0 spiro atoms. The Bertz CT molecular complexity index is 1440. The predicted molar refractivity (Wildman–Crippen MR) is 136 cm³/mol. The Kier molecular flexibility index (Phi) is 6.97. The maximum absolute atomic E-state index is 12.7. The Morgan fingerprint density at radius 2 is 1.57 bits per heavy atom. The number of carbonyl (C=O) groups is 3. The molecule has 2 N–H and O–H groups in total. The van der Waals surface area contributed by atoms with Gasteiger partial charge >= 0.3 is 17.8 Å². The summed E-state index contributed by atoms with van der Waals surface area (Å²) in [5, 5.41) is 8.14. The number of esters is 1.